The molecule has 0 radical (unpaired) electrons. The lowest BCUT2D eigenvalue weighted by atomic mass is 10.1. The number of benzene rings is 1. The minimum atomic E-state index is -0.178. The molecule has 1 aliphatic rings. The van der Waals surface area contributed by atoms with Gasteiger partial charge in [0.05, 0.1) is 12.2 Å². The van der Waals surface area contributed by atoms with Gasteiger partial charge in [-0.3, -0.25) is 0 Å². The Morgan fingerprint density at radius 3 is 2.94 bits per heavy atom. The minimum absolute atomic E-state index is 0.178. The summed E-state index contributed by atoms with van der Waals surface area (Å²) < 4.78 is 5.19. The SMILES string of the molecule is CCCCOC(=O)c1ccc2c(c1)CCC2. The summed E-state index contributed by atoms with van der Waals surface area (Å²) in [6.07, 6.45) is 5.46. The molecule has 0 bridgehead atoms. The van der Waals surface area contributed by atoms with Gasteiger partial charge >= 0.3 is 5.97 Å². The average molecular weight is 218 g/mol. The highest BCUT2D eigenvalue weighted by Crippen LogP contribution is 2.23. The number of rotatable bonds is 4. The molecule has 16 heavy (non-hydrogen) atoms. The van der Waals surface area contributed by atoms with Gasteiger partial charge in [-0.05, 0) is 48.9 Å². The third-order valence-corrected chi connectivity index (χ3v) is 3.07. The molecule has 1 aromatic carbocycles. The van der Waals surface area contributed by atoms with Crippen LogP contribution in [0.3, 0.4) is 0 Å². The number of carbonyl (C=O) groups is 1. The Bertz CT molecular complexity index is 382. The van der Waals surface area contributed by atoms with Crippen LogP contribution in [0.15, 0.2) is 18.2 Å². The van der Waals surface area contributed by atoms with E-state index in [9.17, 15) is 4.79 Å². The van der Waals surface area contributed by atoms with Crippen LogP contribution in [0, 0.1) is 0 Å². The summed E-state index contributed by atoms with van der Waals surface area (Å²) in [7, 11) is 0. The Morgan fingerprint density at radius 1 is 1.31 bits per heavy atom. The Hall–Kier alpha value is -1.31. The third-order valence-electron chi connectivity index (χ3n) is 3.07. The quantitative estimate of drug-likeness (QED) is 0.573. The van der Waals surface area contributed by atoms with Crippen molar-refractivity contribution in [2.45, 2.75) is 39.0 Å². The summed E-state index contributed by atoms with van der Waals surface area (Å²) in [5, 5.41) is 0. The molecule has 0 fully saturated rings. The highest BCUT2D eigenvalue weighted by atomic mass is 16.5. The zero-order valence-corrected chi connectivity index (χ0v) is 9.79. The van der Waals surface area contributed by atoms with Gasteiger partial charge in [0.2, 0.25) is 0 Å². The van der Waals surface area contributed by atoms with Gasteiger partial charge in [-0.1, -0.05) is 19.4 Å². The maximum absolute atomic E-state index is 11.7. The molecule has 0 aliphatic heterocycles. The first-order valence-corrected chi connectivity index (χ1v) is 6.10. The monoisotopic (exact) mass is 218 g/mol. The molecule has 0 saturated carbocycles. The molecule has 2 heteroatoms. The Labute approximate surface area is 96.6 Å². The maximum atomic E-state index is 11.7. The number of fused-ring (bicyclic) bond motifs is 1. The molecule has 0 N–H and O–H groups in total. The summed E-state index contributed by atoms with van der Waals surface area (Å²) in [6.45, 7) is 2.62. The van der Waals surface area contributed by atoms with Crippen molar-refractivity contribution >= 4 is 5.97 Å². The lowest BCUT2D eigenvalue weighted by Crippen LogP contribution is -2.06. The van der Waals surface area contributed by atoms with E-state index in [2.05, 4.69) is 13.0 Å². The molecular weight excluding hydrogens is 200 g/mol. The van der Waals surface area contributed by atoms with Crippen LogP contribution < -0.4 is 0 Å². The van der Waals surface area contributed by atoms with E-state index < -0.39 is 0 Å². The van der Waals surface area contributed by atoms with Crippen LogP contribution in [0.4, 0.5) is 0 Å². The van der Waals surface area contributed by atoms with Gasteiger partial charge in [0.1, 0.15) is 0 Å². The molecule has 0 saturated heterocycles. The van der Waals surface area contributed by atoms with E-state index >= 15 is 0 Å². The van der Waals surface area contributed by atoms with E-state index in [1.54, 1.807) is 0 Å². The predicted octanol–water partition coefficient (Wildman–Crippen LogP) is 3.13. The highest BCUT2D eigenvalue weighted by molar-refractivity contribution is 5.89. The number of hydrogen-bond acceptors (Lipinski definition) is 2. The van der Waals surface area contributed by atoms with Crippen molar-refractivity contribution in [3.05, 3.63) is 34.9 Å². The number of carbonyl (C=O) groups excluding carboxylic acids is 1. The van der Waals surface area contributed by atoms with Crippen LogP contribution in [-0.4, -0.2) is 12.6 Å². The molecule has 1 aliphatic carbocycles. The highest BCUT2D eigenvalue weighted by Gasteiger charge is 2.14. The minimum Gasteiger partial charge on any atom is -0.462 e. The van der Waals surface area contributed by atoms with Crippen molar-refractivity contribution in [2.24, 2.45) is 0 Å². The zero-order chi connectivity index (χ0) is 11.4. The molecule has 0 atom stereocenters. The number of hydrogen-bond donors (Lipinski definition) is 0. The maximum Gasteiger partial charge on any atom is 0.338 e. The van der Waals surface area contributed by atoms with Crippen LogP contribution in [-0.2, 0) is 17.6 Å². The molecule has 0 amide bonds. The molecule has 86 valence electrons. The first kappa shape index (κ1) is 11.2. The van der Waals surface area contributed by atoms with Crippen LogP contribution in [0.5, 0.6) is 0 Å². The number of aryl methyl sites for hydroxylation is 2. The van der Waals surface area contributed by atoms with Gasteiger partial charge in [-0.15, -0.1) is 0 Å². The van der Waals surface area contributed by atoms with Gasteiger partial charge in [0.15, 0.2) is 0 Å². The van der Waals surface area contributed by atoms with Crippen LogP contribution >= 0.6 is 0 Å². The Kier molecular flexibility index (Phi) is 3.60. The van der Waals surface area contributed by atoms with E-state index in [1.165, 1.54) is 17.5 Å². The van der Waals surface area contributed by atoms with E-state index in [-0.39, 0.29) is 5.97 Å². The molecule has 1 aromatic rings. The topological polar surface area (TPSA) is 26.3 Å². The van der Waals surface area contributed by atoms with Crippen molar-refractivity contribution in [3.63, 3.8) is 0 Å². The first-order chi connectivity index (χ1) is 7.81. The largest absolute Gasteiger partial charge is 0.462 e. The van der Waals surface area contributed by atoms with Crippen molar-refractivity contribution in [2.75, 3.05) is 6.61 Å². The Morgan fingerprint density at radius 2 is 2.12 bits per heavy atom. The summed E-state index contributed by atoms with van der Waals surface area (Å²) >= 11 is 0. The molecular formula is C14H18O2. The van der Waals surface area contributed by atoms with E-state index in [0.29, 0.717) is 12.2 Å². The van der Waals surface area contributed by atoms with Gasteiger partial charge in [0.25, 0.3) is 0 Å². The van der Waals surface area contributed by atoms with Crippen LogP contribution in [0.1, 0.15) is 47.7 Å². The van der Waals surface area contributed by atoms with E-state index in [1.807, 2.05) is 12.1 Å². The first-order valence-electron chi connectivity index (χ1n) is 6.10. The molecule has 0 spiro atoms. The zero-order valence-electron chi connectivity index (χ0n) is 9.79. The summed E-state index contributed by atoms with van der Waals surface area (Å²) in [4.78, 5) is 11.7. The Balaban J connectivity index is 2.01. The van der Waals surface area contributed by atoms with Gasteiger partial charge in [-0.2, -0.15) is 0 Å². The van der Waals surface area contributed by atoms with Crippen LogP contribution in [0.2, 0.25) is 0 Å². The lowest BCUT2D eigenvalue weighted by molar-refractivity contribution is 0.0499. The van der Waals surface area contributed by atoms with Crippen LogP contribution in [0.25, 0.3) is 0 Å². The van der Waals surface area contributed by atoms with Crippen molar-refractivity contribution in [1.29, 1.82) is 0 Å². The lowest BCUT2D eigenvalue weighted by Gasteiger charge is -2.05. The van der Waals surface area contributed by atoms with Crippen molar-refractivity contribution < 1.29 is 9.53 Å². The fraction of sp³-hybridized carbons (Fsp3) is 0.500. The molecule has 2 nitrogen and oxygen atoms in total. The molecule has 2 rings (SSSR count). The summed E-state index contributed by atoms with van der Waals surface area (Å²) in [5.74, 6) is -0.178. The fourth-order valence-electron chi connectivity index (χ4n) is 2.09. The molecule has 0 aromatic heterocycles. The average Bonchev–Trinajstić information content (AvgIpc) is 2.76. The predicted molar refractivity (Wildman–Crippen MR) is 63.7 cm³/mol. The summed E-state index contributed by atoms with van der Waals surface area (Å²) in [5.41, 5.74) is 3.42. The standard InChI is InChI=1S/C14H18O2/c1-2-3-9-16-14(15)13-8-7-11-5-4-6-12(11)10-13/h7-8,10H,2-6,9H2,1H3. The van der Waals surface area contributed by atoms with Crippen molar-refractivity contribution in [3.8, 4) is 0 Å². The van der Waals surface area contributed by atoms with E-state index in [0.717, 1.165) is 25.7 Å². The summed E-state index contributed by atoms with van der Waals surface area (Å²) in [6, 6.07) is 5.95. The number of ether oxygens (including phenoxy) is 1. The van der Waals surface area contributed by atoms with Gasteiger partial charge in [0, 0.05) is 0 Å². The van der Waals surface area contributed by atoms with E-state index in [4.69, 9.17) is 4.74 Å². The van der Waals surface area contributed by atoms with Gasteiger partial charge < -0.3 is 4.74 Å². The molecule has 0 heterocycles. The normalized spacial score (nSPS) is 13.6. The smallest absolute Gasteiger partial charge is 0.338 e. The number of esters is 1. The second-order valence-corrected chi connectivity index (χ2v) is 4.33. The van der Waals surface area contributed by atoms with Crippen molar-refractivity contribution in [1.82, 2.24) is 0 Å². The van der Waals surface area contributed by atoms with Gasteiger partial charge in [-0.25, -0.2) is 4.79 Å². The second-order valence-electron chi connectivity index (χ2n) is 4.33. The number of unbranched alkanes of at least 4 members (excludes halogenated alkanes) is 1. The molecule has 0 unspecified atom stereocenters. The third kappa shape index (κ3) is 2.43. The fourth-order valence-corrected chi connectivity index (χ4v) is 2.09. The second kappa shape index (κ2) is 5.15.